The van der Waals surface area contributed by atoms with Gasteiger partial charge in [-0.05, 0) is 36.6 Å². The number of methoxy groups -OCH3 is 1. The van der Waals surface area contributed by atoms with Gasteiger partial charge in [-0.1, -0.05) is 54.5 Å². The fraction of sp³-hybridized carbons (Fsp3) is 0.238. The van der Waals surface area contributed by atoms with E-state index < -0.39 is 0 Å². The Labute approximate surface area is 153 Å². The molecule has 0 saturated carbocycles. The van der Waals surface area contributed by atoms with Crippen LogP contribution in [0.3, 0.4) is 0 Å². The van der Waals surface area contributed by atoms with Crippen molar-refractivity contribution >= 4 is 5.91 Å². The smallest absolute Gasteiger partial charge is 0.257 e. The summed E-state index contributed by atoms with van der Waals surface area (Å²) < 4.78 is 10.4. The van der Waals surface area contributed by atoms with E-state index in [2.05, 4.69) is 10.5 Å². The Morgan fingerprint density at radius 2 is 1.77 bits per heavy atom. The van der Waals surface area contributed by atoms with Gasteiger partial charge in [0.1, 0.15) is 17.1 Å². The molecule has 0 aliphatic rings. The second kappa shape index (κ2) is 7.87. The summed E-state index contributed by atoms with van der Waals surface area (Å²) in [6.45, 7) is 3.71. The maximum atomic E-state index is 13.0. The van der Waals surface area contributed by atoms with Crippen LogP contribution in [0.15, 0.2) is 59.1 Å². The lowest BCUT2D eigenvalue weighted by Gasteiger charge is -2.20. The van der Waals surface area contributed by atoms with E-state index in [9.17, 15) is 4.79 Å². The average molecular weight is 350 g/mol. The van der Waals surface area contributed by atoms with Crippen LogP contribution in [0, 0.1) is 6.92 Å². The number of carbonyl (C=O) groups is 1. The molecule has 1 N–H and O–H groups in total. The number of aromatic nitrogens is 1. The maximum absolute atomic E-state index is 13.0. The first-order valence-corrected chi connectivity index (χ1v) is 8.59. The van der Waals surface area contributed by atoms with E-state index in [0.717, 1.165) is 16.9 Å². The molecular weight excluding hydrogens is 328 g/mol. The number of amides is 1. The molecule has 1 aromatic heterocycles. The molecule has 1 heterocycles. The lowest BCUT2D eigenvalue weighted by Crippen LogP contribution is -2.30. The maximum Gasteiger partial charge on any atom is 0.257 e. The molecular formula is C21H22N2O3. The summed E-state index contributed by atoms with van der Waals surface area (Å²) in [4.78, 5) is 13.0. The molecule has 0 unspecified atom stereocenters. The molecule has 3 aromatic rings. The van der Waals surface area contributed by atoms with E-state index >= 15 is 0 Å². The van der Waals surface area contributed by atoms with Crippen molar-refractivity contribution in [3.8, 4) is 5.75 Å². The van der Waals surface area contributed by atoms with Crippen molar-refractivity contribution in [1.29, 1.82) is 0 Å². The third-order valence-electron chi connectivity index (χ3n) is 4.35. The van der Waals surface area contributed by atoms with Gasteiger partial charge in [0.05, 0.1) is 18.8 Å². The number of carbonyl (C=O) groups excluding carboxylic acids is 1. The van der Waals surface area contributed by atoms with E-state index in [1.807, 2.05) is 61.5 Å². The summed E-state index contributed by atoms with van der Waals surface area (Å²) in [6.07, 6.45) is 0.638. The minimum atomic E-state index is -0.284. The second-order valence-corrected chi connectivity index (χ2v) is 6.00. The zero-order valence-corrected chi connectivity index (χ0v) is 15.2. The molecule has 0 saturated heterocycles. The van der Waals surface area contributed by atoms with Crippen LogP contribution < -0.4 is 10.1 Å². The summed E-state index contributed by atoms with van der Waals surface area (Å²) in [7, 11) is 1.63. The van der Waals surface area contributed by atoms with Gasteiger partial charge >= 0.3 is 0 Å². The Morgan fingerprint density at radius 3 is 2.38 bits per heavy atom. The highest BCUT2D eigenvalue weighted by Crippen LogP contribution is 2.25. The highest BCUT2D eigenvalue weighted by atomic mass is 16.5. The van der Waals surface area contributed by atoms with Crippen molar-refractivity contribution in [2.45, 2.75) is 26.3 Å². The topological polar surface area (TPSA) is 64.4 Å². The minimum Gasteiger partial charge on any atom is -0.497 e. The standard InChI is InChI=1S/C21H22N2O3/c1-4-18-19(14(2)26-23-18)21(24)22-20(15-8-6-5-7-9-15)16-10-12-17(25-3)13-11-16/h5-13,20H,4H2,1-3H3,(H,22,24)/t20-/m0/s1. The van der Waals surface area contributed by atoms with Gasteiger partial charge in [-0.15, -0.1) is 0 Å². The molecule has 1 atom stereocenters. The fourth-order valence-corrected chi connectivity index (χ4v) is 2.95. The molecule has 0 radical (unpaired) electrons. The van der Waals surface area contributed by atoms with Crippen LogP contribution in [0.5, 0.6) is 5.75 Å². The third-order valence-corrected chi connectivity index (χ3v) is 4.35. The first kappa shape index (κ1) is 17.7. The van der Waals surface area contributed by atoms with Crippen LogP contribution in [-0.4, -0.2) is 18.2 Å². The summed E-state index contributed by atoms with van der Waals surface area (Å²) in [6, 6.07) is 17.3. The predicted molar refractivity (Wildman–Crippen MR) is 99.4 cm³/mol. The largest absolute Gasteiger partial charge is 0.497 e. The molecule has 0 fully saturated rings. The molecule has 5 nitrogen and oxygen atoms in total. The molecule has 0 aliphatic carbocycles. The summed E-state index contributed by atoms with van der Waals surface area (Å²) in [5.41, 5.74) is 3.15. The van der Waals surface area contributed by atoms with E-state index in [0.29, 0.717) is 23.4 Å². The number of nitrogens with one attached hydrogen (secondary N) is 1. The number of aryl methyl sites for hydroxylation is 2. The van der Waals surface area contributed by atoms with Gasteiger partial charge in [0.25, 0.3) is 5.91 Å². The number of ether oxygens (including phenoxy) is 1. The van der Waals surface area contributed by atoms with Gasteiger partial charge in [-0.25, -0.2) is 0 Å². The van der Waals surface area contributed by atoms with Crippen molar-refractivity contribution in [3.05, 3.63) is 82.7 Å². The first-order valence-electron chi connectivity index (χ1n) is 8.59. The predicted octanol–water partition coefficient (Wildman–Crippen LogP) is 4.07. The summed E-state index contributed by atoms with van der Waals surface area (Å²) >= 11 is 0. The van der Waals surface area contributed by atoms with Crippen molar-refractivity contribution in [3.63, 3.8) is 0 Å². The van der Waals surface area contributed by atoms with Crippen molar-refractivity contribution in [2.75, 3.05) is 7.11 Å². The number of rotatable bonds is 6. The molecule has 5 heteroatoms. The van der Waals surface area contributed by atoms with Gasteiger partial charge < -0.3 is 14.6 Å². The molecule has 0 bridgehead atoms. The van der Waals surface area contributed by atoms with Crippen LogP contribution in [0.1, 0.15) is 45.9 Å². The van der Waals surface area contributed by atoms with Crippen molar-refractivity contribution < 1.29 is 14.1 Å². The van der Waals surface area contributed by atoms with Crippen molar-refractivity contribution in [1.82, 2.24) is 10.5 Å². The van der Waals surface area contributed by atoms with Crippen LogP contribution in [0.2, 0.25) is 0 Å². The van der Waals surface area contributed by atoms with Crippen molar-refractivity contribution in [2.24, 2.45) is 0 Å². The first-order chi connectivity index (χ1) is 12.6. The van der Waals surface area contributed by atoms with Gasteiger partial charge in [0.15, 0.2) is 0 Å². The Bertz CT molecular complexity index is 870. The number of nitrogens with zero attached hydrogens (tertiary/aromatic N) is 1. The molecule has 0 spiro atoms. The molecule has 0 aliphatic heterocycles. The van der Waals surface area contributed by atoms with E-state index in [-0.39, 0.29) is 11.9 Å². The highest BCUT2D eigenvalue weighted by molar-refractivity contribution is 5.96. The number of hydrogen-bond acceptors (Lipinski definition) is 4. The van der Waals surface area contributed by atoms with Gasteiger partial charge in [0, 0.05) is 0 Å². The van der Waals surface area contributed by atoms with E-state index in [4.69, 9.17) is 9.26 Å². The van der Waals surface area contributed by atoms with Crippen LogP contribution >= 0.6 is 0 Å². The zero-order valence-electron chi connectivity index (χ0n) is 15.2. The highest BCUT2D eigenvalue weighted by Gasteiger charge is 2.23. The molecule has 3 rings (SSSR count). The lowest BCUT2D eigenvalue weighted by molar-refractivity contribution is 0.0940. The quantitative estimate of drug-likeness (QED) is 0.728. The SMILES string of the molecule is CCc1noc(C)c1C(=O)N[C@@H](c1ccccc1)c1ccc(OC)cc1. The lowest BCUT2D eigenvalue weighted by atomic mass is 9.98. The van der Waals surface area contributed by atoms with Crippen LogP contribution in [0.4, 0.5) is 0 Å². The fourth-order valence-electron chi connectivity index (χ4n) is 2.95. The summed E-state index contributed by atoms with van der Waals surface area (Å²) in [5, 5.41) is 7.10. The number of benzene rings is 2. The van der Waals surface area contributed by atoms with E-state index in [1.54, 1.807) is 14.0 Å². The Kier molecular flexibility index (Phi) is 5.37. The Morgan fingerprint density at radius 1 is 1.12 bits per heavy atom. The second-order valence-electron chi connectivity index (χ2n) is 6.00. The molecule has 1 amide bonds. The van der Waals surface area contributed by atoms with Gasteiger partial charge in [0.2, 0.25) is 0 Å². The average Bonchev–Trinajstić information content (AvgIpc) is 3.07. The molecule has 26 heavy (non-hydrogen) atoms. The van der Waals surface area contributed by atoms with Gasteiger partial charge in [-0.3, -0.25) is 4.79 Å². The Balaban J connectivity index is 1.95. The Hall–Kier alpha value is -3.08. The number of hydrogen-bond donors (Lipinski definition) is 1. The molecule has 134 valence electrons. The minimum absolute atomic E-state index is 0.190. The van der Waals surface area contributed by atoms with E-state index in [1.165, 1.54) is 0 Å². The van der Waals surface area contributed by atoms with Crippen LogP contribution in [-0.2, 0) is 6.42 Å². The van der Waals surface area contributed by atoms with Gasteiger partial charge in [-0.2, -0.15) is 0 Å². The monoisotopic (exact) mass is 350 g/mol. The van der Waals surface area contributed by atoms with Crippen LogP contribution in [0.25, 0.3) is 0 Å². The molecule has 2 aromatic carbocycles. The summed E-state index contributed by atoms with van der Waals surface area (Å²) in [5.74, 6) is 1.11. The third kappa shape index (κ3) is 3.61. The zero-order chi connectivity index (χ0) is 18.5. The normalized spacial score (nSPS) is 11.8.